The minimum Gasteiger partial charge on any atom is -0.392 e. The number of nitrogens with two attached hydrogens (primary N) is 1. The Bertz CT molecular complexity index is 699. The van der Waals surface area contributed by atoms with E-state index in [1.807, 2.05) is 0 Å². The van der Waals surface area contributed by atoms with Crippen molar-refractivity contribution < 1.29 is 5.11 Å². The molecule has 0 saturated carbocycles. The maximum Gasteiger partial charge on any atom is 0.149 e. The van der Waals surface area contributed by atoms with Crippen molar-refractivity contribution in [3.8, 4) is 0 Å². The summed E-state index contributed by atoms with van der Waals surface area (Å²) in [5, 5.41) is 11.1. The number of thiophene rings is 1. The molecule has 3 unspecified atom stereocenters. The monoisotopic (exact) mass is 320 g/mol. The van der Waals surface area contributed by atoms with Crippen LogP contribution in [0.3, 0.4) is 0 Å². The topological polar surface area (TPSA) is 75.3 Å². The highest BCUT2D eigenvalue weighted by Gasteiger charge is 2.29. The fourth-order valence-electron chi connectivity index (χ4n) is 3.07. The van der Waals surface area contributed by atoms with Gasteiger partial charge in [0.15, 0.2) is 0 Å². The summed E-state index contributed by atoms with van der Waals surface area (Å²) in [7, 11) is 0. The van der Waals surface area contributed by atoms with Gasteiger partial charge in [-0.25, -0.2) is 9.97 Å². The number of hydrogen-bond donors (Lipinski definition) is 2. The average Bonchev–Trinajstić information content (AvgIpc) is 2.76. The Hall–Kier alpha value is -1.24. The second-order valence-corrected chi connectivity index (χ2v) is 7.64. The molecule has 6 heteroatoms. The predicted molar refractivity (Wildman–Crippen MR) is 91.1 cm³/mol. The maximum absolute atomic E-state index is 10.1. The third kappa shape index (κ3) is 2.59. The van der Waals surface area contributed by atoms with Gasteiger partial charge in [0.25, 0.3) is 0 Å². The summed E-state index contributed by atoms with van der Waals surface area (Å²) in [5.74, 6) is 1.69. The van der Waals surface area contributed by atoms with Gasteiger partial charge in [0.05, 0.1) is 17.5 Å². The van der Waals surface area contributed by atoms with E-state index in [9.17, 15) is 5.11 Å². The van der Waals surface area contributed by atoms with Crippen molar-refractivity contribution in [2.45, 2.75) is 46.3 Å². The van der Waals surface area contributed by atoms with E-state index < -0.39 is 0 Å². The van der Waals surface area contributed by atoms with E-state index in [2.05, 4.69) is 37.6 Å². The lowest BCUT2D eigenvalue weighted by atomic mass is 9.95. The van der Waals surface area contributed by atoms with E-state index >= 15 is 0 Å². The molecule has 3 rings (SSSR count). The number of aromatic nitrogens is 2. The van der Waals surface area contributed by atoms with E-state index in [1.165, 1.54) is 10.4 Å². The quantitative estimate of drug-likeness (QED) is 0.890. The van der Waals surface area contributed by atoms with Gasteiger partial charge in [0.1, 0.15) is 16.5 Å². The number of hydrogen-bond acceptors (Lipinski definition) is 6. The molecule has 3 atom stereocenters. The van der Waals surface area contributed by atoms with Crippen molar-refractivity contribution in [3.05, 3.63) is 16.3 Å². The second-order valence-electron chi connectivity index (χ2n) is 6.43. The van der Waals surface area contributed by atoms with Crippen LogP contribution in [0.2, 0.25) is 0 Å². The van der Waals surface area contributed by atoms with E-state index in [0.29, 0.717) is 18.3 Å². The highest BCUT2D eigenvalue weighted by molar-refractivity contribution is 7.18. The van der Waals surface area contributed by atoms with E-state index in [4.69, 9.17) is 10.7 Å². The van der Waals surface area contributed by atoms with Crippen LogP contribution in [0, 0.1) is 19.8 Å². The first-order valence-electron chi connectivity index (χ1n) is 7.83. The molecule has 120 valence electrons. The van der Waals surface area contributed by atoms with Crippen molar-refractivity contribution in [2.75, 3.05) is 18.8 Å². The number of nitrogen functional groups attached to an aromatic ring is 1. The zero-order valence-corrected chi connectivity index (χ0v) is 14.4. The predicted octanol–water partition coefficient (Wildman–Crippen LogP) is 2.65. The van der Waals surface area contributed by atoms with Gasteiger partial charge in [-0.2, -0.15) is 0 Å². The molecule has 0 aromatic carbocycles. The number of piperidine rings is 1. The van der Waals surface area contributed by atoms with Crippen LogP contribution in [0.4, 0.5) is 5.82 Å². The van der Waals surface area contributed by atoms with Crippen molar-refractivity contribution in [1.82, 2.24) is 14.9 Å². The minimum absolute atomic E-state index is 0.0663. The molecule has 0 amide bonds. The van der Waals surface area contributed by atoms with Crippen molar-refractivity contribution in [1.29, 1.82) is 0 Å². The number of aliphatic hydroxyl groups excluding tert-OH is 1. The van der Waals surface area contributed by atoms with Crippen LogP contribution in [0.25, 0.3) is 10.2 Å². The standard InChI is InChI=1S/C16H24N4OS/c1-8-5-6-20(7-12(8)21)10(3)15-18-14(17)13-9(2)11(4)22-16(13)19-15/h8,10,12,21H,5-7H2,1-4H3,(H2,17,18,19). The first-order valence-corrected chi connectivity index (χ1v) is 8.65. The Morgan fingerprint density at radius 1 is 1.36 bits per heavy atom. The van der Waals surface area contributed by atoms with Crippen LogP contribution in [-0.4, -0.2) is 39.2 Å². The molecular weight excluding hydrogens is 296 g/mol. The van der Waals surface area contributed by atoms with E-state index in [0.717, 1.165) is 29.0 Å². The second kappa shape index (κ2) is 5.76. The summed E-state index contributed by atoms with van der Waals surface area (Å²) in [6.07, 6.45) is 0.726. The SMILES string of the molecule is Cc1sc2nc(C(C)N3CCC(C)C(O)C3)nc(N)c2c1C. The average molecular weight is 320 g/mol. The van der Waals surface area contributed by atoms with Crippen LogP contribution in [0.1, 0.15) is 42.6 Å². The van der Waals surface area contributed by atoms with Gasteiger partial charge in [-0.1, -0.05) is 6.92 Å². The van der Waals surface area contributed by atoms with Gasteiger partial charge >= 0.3 is 0 Å². The van der Waals surface area contributed by atoms with Crippen molar-refractivity contribution in [3.63, 3.8) is 0 Å². The summed E-state index contributed by atoms with van der Waals surface area (Å²) in [5.41, 5.74) is 7.36. The highest BCUT2D eigenvalue weighted by Crippen LogP contribution is 2.34. The zero-order chi connectivity index (χ0) is 16.0. The summed E-state index contributed by atoms with van der Waals surface area (Å²) >= 11 is 1.67. The highest BCUT2D eigenvalue weighted by atomic mass is 32.1. The largest absolute Gasteiger partial charge is 0.392 e. The fourth-order valence-corrected chi connectivity index (χ4v) is 4.12. The summed E-state index contributed by atoms with van der Waals surface area (Å²) in [4.78, 5) is 13.7. The molecule has 0 spiro atoms. The van der Waals surface area contributed by atoms with Gasteiger partial charge in [-0.15, -0.1) is 11.3 Å². The number of fused-ring (bicyclic) bond motifs is 1. The molecule has 0 radical (unpaired) electrons. The Kier molecular flexibility index (Phi) is 4.09. The zero-order valence-electron chi connectivity index (χ0n) is 13.6. The fraction of sp³-hybridized carbons (Fsp3) is 0.625. The molecule has 0 bridgehead atoms. The Morgan fingerprint density at radius 3 is 2.77 bits per heavy atom. The molecular formula is C16H24N4OS. The molecule has 3 heterocycles. The molecule has 1 saturated heterocycles. The van der Waals surface area contributed by atoms with Gasteiger partial charge < -0.3 is 10.8 Å². The normalized spacial score (nSPS) is 24.8. The number of anilines is 1. The third-order valence-electron chi connectivity index (χ3n) is 4.95. The number of likely N-dealkylation sites (tertiary alicyclic amines) is 1. The summed E-state index contributed by atoms with van der Waals surface area (Å²) in [6.45, 7) is 9.99. The lowest BCUT2D eigenvalue weighted by molar-refractivity contribution is 0.0114. The molecule has 2 aromatic rings. The Balaban J connectivity index is 1.93. The van der Waals surface area contributed by atoms with Crippen LogP contribution < -0.4 is 5.73 Å². The van der Waals surface area contributed by atoms with Crippen LogP contribution in [0.15, 0.2) is 0 Å². The van der Waals surface area contributed by atoms with Crippen molar-refractivity contribution >= 4 is 27.4 Å². The van der Waals surface area contributed by atoms with Gasteiger partial charge in [0, 0.05) is 11.4 Å². The number of rotatable bonds is 2. The van der Waals surface area contributed by atoms with Gasteiger partial charge in [-0.05, 0) is 45.2 Å². The lowest BCUT2D eigenvalue weighted by Crippen LogP contribution is -2.44. The molecule has 22 heavy (non-hydrogen) atoms. The third-order valence-corrected chi connectivity index (χ3v) is 6.05. The van der Waals surface area contributed by atoms with Crippen LogP contribution in [-0.2, 0) is 0 Å². The van der Waals surface area contributed by atoms with Crippen molar-refractivity contribution in [2.24, 2.45) is 5.92 Å². The summed E-state index contributed by atoms with van der Waals surface area (Å²) < 4.78 is 0. The molecule has 1 fully saturated rings. The molecule has 2 aromatic heterocycles. The van der Waals surface area contributed by atoms with Crippen LogP contribution >= 0.6 is 11.3 Å². The van der Waals surface area contributed by atoms with E-state index in [1.54, 1.807) is 11.3 Å². The first kappa shape index (κ1) is 15.6. The lowest BCUT2D eigenvalue weighted by Gasteiger charge is -2.37. The van der Waals surface area contributed by atoms with Gasteiger partial charge in [-0.3, -0.25) is 4.90 Å². The Labute approximate surface area is 135 Å². The molecule has 3 N–H and O–H groups in total. The molecule has 5 nitrogen and oxygen atoms in total. The minimum atomic E-state index is -0.275. The number of aryl methyl sites for hydroxylation is 2. The van der Waals surface area contributed by atoms with E-state index in [-0.39, 0.29) is 12.1 Å². The number of aliphatic hydroxyl groups is 1. The maximum atomic E-state index is 10.1. The molecule has 1 aliphatic heterocycles. The molecule has 1 aliphatic rings. The first-order chi connectivity index (χ1) is 10.4. The van der Waals surface area contributed by atoms with Crippen LogP contribution in [0.5, 0.6) is 0 Å². The summed E-state index contributed by atoms with van der Waals surface area (Å²) in [6, 6.07) is 0.0663. The Morgan fingerprint density at radius 2 is 2.09 bits per heavy atom. The number of nitrogens with zero attached hydrogens (tertiary/aromatic N) is 3. The smallest absolute Gasteiger partial charge is 0.149 e. The number of β-amino-alcohol motifs (C(OH)–C–C–N with tert-alkyl or cyclic N) is 1. The molecule has 0 aliphatic carbocycles. The van der Waals surface area contributed by atoms with Gasteiger partial charge in [0.2, 0.25) is 0 Å².